The molecule has 5 nitrogen and oxygen atoms in total. The quantitative estimate of drug-likeness (QED) is 0.812. The predicted octanol–water partition coefficient (Wildman–Crippen LogP) is 1.19. The van der Waals surface area contributed by atoms with Gasteiger partial charge in [-0.1, -0.05) is 0 Å². The third-order valence-corrected chi connectivity index (χ3v) is 1.99. The highest BCUT2D eigenvalue weighted by molar-refractivity contribution is 7.85. The Morgan fingerprint density at radius 1 is 1.62 bits per heavy atom. The van der Waals surface area contributed by atoms with E-state index < -0.39 is 16.5 Å². The first-order chi connectivity index (χ1) is 7.20. The third-order valence-electron chi connectivity index (χ3n) is 1.27. The zero-order valence-corrected chi connectivity index (χ0v) is 10.1. The summed E-state index contributed by atoms with van der Waals surface area (Å²) in [5.74, 6) is 0. The molecule has 94 valence electrons. The van der Waals surface area contributed by atoms with Crippen LogP contribution in [-0.2, 0) is 16.7 Å². The number of alkyl halides is 2. The van der Waals surface area contributed by atoms with E-state index in [1.165, 1.54) is 15.9 Å². The fourth-order valence-corrected chi connectivity index (χ4v) is 1.34. The average molecular weight is 274 g/mol. The molecule has 0 fully saturated rings. The number of aryl methyl sites for hydroxylation is 1. The SMILES string of the molecule is CS(=O)(=O)O.N=c1sccn1CCC(F)F. The molecule has 0 atom stereocenters. The van der Waals surface area contributed by atoms with Crippen LogP contribution in [0.3, 0.4) is 0 Å². The average Bonchev–Trinajstić information content (AvgIpc) is 2.44. The first-order valence-corrected chi connectivity index (χ1v) is 6.82. The van der Waals surface area contributed by atoms with E-state index in [2.05, 4.69) is 0 Å². The molecule has 1 heterocycles. The van der Waals surface area contributed by atoms with Gasteiger partial charge in [-0.25, -0.2) is 8.78 Å². The second kappa shape index (κ2) is 6.71. The maximum Gasteiger partial charge on any atom is 0.261 e. The summed E-state index contributed by atoms with van der Waals surface area (Å²) in [6.45, 7) is 0.236. The van der Waals surface area contributed by atoms with Gasteiger partial charge in [-0.2, -0.15) is 8.42 Å². The molecule has 0 bridgehead atoms. The molecule has 1 aromatic heterocycles. The molecule has 1 rings (SSSR count). The minimum Gasteiger partial charge on any atom is -0.324 e. The minimum atomic E-state index is -3.67. The summed E-state index contributed by atoms with van der Waals surface area (Å²) in [5, 5.41) is 8.95. The summed E-state index contributed by atoms with van der Waals surface area (Å²) >= 11 is 1.24. The van der Waals surface area contributed by atoms with Crippen LogP contribution in [0.4, 0.5) is 8.78 Å². The summed E-state index contributed by atoms with van der Waals surface area (Å²) in [4.78, 5) is 0.325. The number of halogens is 2. The van der Waals surface area contributed by atoms with Crippen molar-refractivity contribution in [2.45, 2.75) is 19.4 Å². The lowest BCUT2D eigenvalue weighted by molar-refractivity contribution is 0.131. The molecule has 9 heteroatoms. The predicted molar refractivity (Wildman–Crippen MR) is 56.3 cm³/mol. The molecular formula is C7H12F2N2O3S2. The lowest BCUT2D eigenvalue weighted by atomic mass is 10.4. The highest BCUT2D eigenvalue weighted by Gasteiger charge is 2.02. The standard InChI is InChI=1S/C6H8F2N2S.CH4O3S/c7-5(8)1-2-10-3-4-11-6(10)9;1-5(2,3)4/h3-5,9H,1-2H2;1H3,(H,2,3,4). The zero-order valence-electron chi connectivity index (χ0n) is 8.43. The minimum absolute atomic E-state index is 0.173. The molecule has 0 spiro atoms. The van der Waals surface area contributed by atoms with Crippen molar-refractivity contribution in [2.75, 3.05) is 6.26 Å². The second-order valence-corrected chi connectivity index (χ2v) is 5.17. The second-order valence-electron chi connectivity index (χ2n) is 2.81. The summed E-state index contributed by atoms with van der Waals surface area (Å²) in [7, 11) is -3.67. The lowest BCUT2D eigenvalue weighted by Gasteiger charge is -1.99. The molecule has 1 aromatic rings. The Labute approximate surface area is 95.6 Å². The van der Waals surface area contributed by atoms with Gasteiger partial charge in [0.2, 0.25) is 6.43 Å². The van der Waals surface area contributed by atoms with Gasteiger partial charge in [0.1, 0.15) is 0 Å². The Kier molecular flexibility index (Phi) is 6.38. The number of nitrogens with zero attached hydrogens (tertiary/aromatic N) is 1. The van der Waals surface area contributed by atoms with Crippen LogP contribution in [0.5, 0.6) is 0 Å². The van der Waals surface area contributed by atoms with Gasteiger partial charge in [-0.05, 0) is 0 Å². The molecule has 0 saturated heterocycles. The molecule has 0 unspecified atom stereocenters. The van der Waals surface area contributed by atoms with Crippen LogP contribution in [0.2, 0.25) is 0 Å². The van der Waals surface area contributed by atoms with Gasteiger partial charge in [0.15, 0.2) is 4.80 Å². The molecule has 0 aliphatic rings. The van der Waals surface area contributed by atoms with Gasteiger partial charge in [0.25, 0.3) is 10.1 Å². The molecule has 0 aliphatic carbocycles. The van der Waals surface area contributed by atoms with Crippen molar-refractivity contribution in [3.63, 3.8) is 0 Å². The first kappa shape index (κ1) is 15.2. The van der Waals surface area contributed by atoms with Gasteiger partial charge in [0, 0.05) is 24.5 Å². The van der Waals surface area contributed by atoms with E-state index in [0.717, 1.165) is 0 Å². The fourth-order valence-electron chi connectivity index (χ4n) is 0.716. The maximum atomic E-state index is 11.7. The molecule has 0 saturated carbocycles. The van der Waals surface area contributed by atoms with E-state index in [-0.39, 0.29) is 13.0 Å². The van der Waals surface area contributed by atoms with E-state index in [1.807, 2.05) is 0 Å². The van der Waals surface area contributed by atoms with E-state index >= 15 is 0 Å². The van der Waals surface area contributed by atoms with E-state index in [4.69, 9.17) is 9.96 Å². The van der Waals surface area contributed by atoms with E-state index in [0.29, 0.717) is 11.1 Å². The van der Waals surface area contributed by atoms with Gasteiger partial charge >= 0.3 is 0 Å². The van der Waals surface area contributed by atoms with Crippen LogP contribution in [0, 0.1) is 5.41 Å². The molecule has 2 N–H and O–H groups in total. The number of hydrogen-bond acceptors (Lipinski definition) is 4. The molecule has 16 heavy (non-hydrogen) atoms. The van der Waals surface area contributed by atoms with Crippen LogP contribution in [0.1, 0.15) is 6.42 Å². The van der Waals surface area contributed by atoms with Crippen LogP contribution < -0.4 is 4.80 Å². The zero-order chi connectivity index (χ0) is 12.8. The van der Waals surface area contributed by atoms with E-state index in [1.54, 1.807) is 11.6 Å². The first-order valence-electron chi connectivity index (χ1n) is 4.09. The summed E-state index contributed by atoms with van der Waals surface area (Å²) < 4.78 is 50.8. The van der Waals surface area contributed by atoms with Crippen LogP contribution in [-0.4, -0.2) is 30.2 Å². The smallest absolute Gasteiger partial charge is 0.261 e. The van der Waals surface area contributed by atoms with E-state index in [9.17, 15) is 17.2 Å². The topological polar surface area (TPSA) is 83.2 Å². The van der Waals surface area contributed by atoms with Gasteiger partial charge in [-0.3, -0.25) is 9.96 Å². The number of hydrogen-bond donors (Lipinski definition) is 2. The summed E-state index contributed by atoms with van der Waals surface area (Å²) in [6.07, 6.45) is -0.0860. The highest BCUT2D eigenvalue weighted by Crippen LogP contribution is 2.00. The molecule has 0 aromatic carbocycles. The molecular weight excluding hydrogens is 262 g/mol. The van der Waals surface area contributed by atoms with Crippen molar-refractivity contribution < 1.29 is 21.8 Å². The van der Waals surface area contributed by atoms with Crippen molar-refractivity contribution in [1.29, 1.82) is 5.41 Å². The highest BCUT2D eigenvalue weighted by atomic mass is 32.2. The number of aromatic nitrogens is 1. The van der Waals surface area contributed by atoms with Crippen molar-refractivity contribution in [3.8, 4) is 0 Å². The Balaban J connectivity index is 0.000000385. The fraction of sp³-hybridized carbons (Fsp3) is 0.571. The lowest BCUT2D eigenvalue weighted by Crippen LogP contribution is -2.13. The Bertz CT molecular complexity index is 444. The molecule has 0 aliphatic heterocycles. The van der Waals surface area contributed by atoms with Crippen molar-refractivity contribution >= 4 is 21.5 Å². The Morgan fingerprint density at radius 3 is 2.44 bits per heavy atom. The van der Waals surface area contributed by atoms with Crippen molar-refractivity contribution in [2.24, 2.45) is 0 Å². The molecule has 0 amide bonds. The van der Waals surface area contributed by atoms with Crippen molar-refractivity contribution in [3.05, 3.63) is 16.4 Å². The van der Waals surface area contributed by atoms with Crippen LogP contribution >= 0.6 is 11.3 Å². The molecule has 0 radical (unpaired) electrons. The Morgan fingerprint density at radius 2 is 2.12 bits per heavy atom. The monoisotopic (exact) mass is 274 g/mol. The third kappa shape index (κ3) is 9.74. The largest absolute Gasteiger partial charge is 0.324 e. The van der Waals surface area contributed by atoms with Gasteiger partial charge in [-0.15, -0.1) is 11.3 Å². The normalized spacial score (nSPS) is 11.1. The van der Waals surface area contributed by atoms with Crippen LogP contribution in [0.25, 0.3) is 0 Å². The van der Waals surface area contributed by atoms with Gasteiger partial charge < -0.3 is 4.57 Å². The number of nitrogens with one attached hydrogen (secondary N) is 1. The maximum absolute atomic E-state index is 11.7. The van der Waals surface area contributed by atoms with Gasteiger partial charge in [0.05, 0.1) is 6.26 Å². The number of rotatable bonds is 3. The summed E-state index contributed by atoms with van der Waals surface area (Å²) in [6, 6.07) is 0. The Hall–Kier alpha value is -0.800. The summed E-state index contributed by atoms with van der Waals surface area (Å²) in [5.41, 5.74) is 0. The van der Waals surface area contributed by atoms with Crippen LogP contribution in [0.15, 0.2) is 11.6 Å². The number of thiazole rings is 1. The van der Waals surface area contributed by atoms with Crippen molar-refractivity contribution in [1.82, 2.24) is 4.57 Å².